The molecule has 0 aromatic rings. The lowest BCUT2D eigenvalue weighted by Crippen LogP contribution is -2.36. The molecule has 1 fully saturated rings. The van der Waals surface area contributed by atoms with Gasteiger partial charge < -0.3 is 10.4 Å². The number of halogens is 2. The average molecular weight is 165 g/mol. The fraction of sp³-hybridized carbons (Fsp3) is 0.833. The maximum atomic E-state index is 13.0. The molecule has 1 amide bonds. The first-order valence-corrected chi connectivity index (χ1v) is 3.29. The minimum Gasteiger partial charge on any atom is -0.394 e. The molecule has 0 bridgehead atoms. The van der Waals surface area contributed by atoms with Gasteiger partial charge in [-0.25, -0.2) is 8.78 Å². The van der Waals surface area contributed by atoms with Gasteiger partial charge in [0.1, 0.15) is 6.67 Å². The number of alkyl halides is 2. The predicted molar refractivity (Wildman–Crippen MR) is 33.4 cm³/mol. The summed E-state index contributed by atoms with van der Waals surface area (Å²) in [6.45, 7) is -1.67. The van der Waals surface area contributed by atoms with Gasteiger partial charge >= 0.3 is 0 Å². The molecular weight excluding hydrogens is 156 g/mol. The summed E-state index contributed by atoms with van der Waals surface area (Å²) in [7, 11) is 0. The van der Waals surface area contributed by atoms with Gasteiger partial charge in [-0.3, -0.25) is 4.79 Å². The molecule has 0 unspecified atom stereocenters. The Hall–Kier alpha value is -0.710. The quantitative estimate of drug-likeness (QED) is 0.582. The molecule has 3 nitrogen and oxygen atoms in total. The molecule has 1 heterocycles. The van der Waals surface area contributed by atoms with Crippen molar-refractivity contribution < 1.29 is 18.7 Å². The van der Waals surface area contributed by atoms with E-state index in [1.165, 1.54) is 0 Å². The minimum atomic E-state index is -2.41. The largest absolute Gasteiger partial charge is 0.394 e. The maximum Gasteiger partial charge on any atom is 0.260 e. The first kappa shape index (κ1) is 8.39. The summed E-state index contributed by atoms with van der Waals surface area (Å²) in [6, 6.07) is -0.636. The van der Waals surface area contributed by atoms with Crippen LogP contribution in [0.2, 0.25) is 0 Å². The molecule has 0 aliphatic carbocycles. The van der Waals surface area contributed by atoms with Crippen LogP contribution >= 0.6 is 0 Å². The molecule has 0 aromatic carbocycles. The predicted octanol–water partition coefficient (Wildman–Crippen LogP) is -0.455. The lowest BCUT2D eigenvalue weighted by Gasteiger charge is -2.09. The van der Waals surface area contributed by atoms with E-state index in [0.29, 0.717) is 0 Å². The van der Waals surface area contributed by atoms with Crippen LogP contribution in [0, 0.1) is 0 Å². The van der Waals surface area contributed by atoms with E-state index in [9.17, 15) is 13.6 Å². The van der Waals surface area contributed by atoms with Gasteiger partial charge in [0.15, 0.2) is 0 Å². The summed E-state index contributed by atoms with van der Waals surface area (Å²) in [5, 5.41) is 10.6. The summed E-state index contributed by atoms with van der Waals surface area (Å²) in [5.41, 5.74) is -2.41. The molecule has 11 heavy (non-hydrogen) atoms. The summed E-state index contributed by atoms with van der Waals surface area (Å²) in [5.74, 6) is -0.959. The third-order valence-corrected chi connectivity index (χ3v) is 1.74. The van der Waals surface area contributed by atoms with E-state index in [2.05, 4.69) is 5.32 Å². The van der Waals surface area contributed by atoms with Crippen LogP contribution in [0.5, 0.6) is 0 Å². The van der Waals surface area contributed by atoms with Crippen molar-refractivity contribution >= 4 is 5.91 Å². The fourth-order valence-corrected chi connectivity index (χ4v) is 1.07. The van der Waals surface area contributed by atoms with Gasteiger partial charge in [-0.05, 0) is 0 Å². The Labute approximate surface area is 62.4 Å². The van der Waals surface area contributed by atoms with Gasteiger partial charge in [0.05, 0.1) is 12.6 Å². The number of nitrogens with one attached hydrogen (secondary N) is 1. The third kappa shape index (κ3) is 1.33. The topological polar surface area (TPSA) is 49.3 Å². The second-order valence-electron chi connectivity index (χ2n) is 2.66. The van der Waals surface area contributed by atoms with Crippen LogP contribution in [-0.4, -0.2) is 36.0 Å². The smallest absolute Gasteiger partial charge is 0.260 e. The molecule has 0 spiro atoms. The van der Waals surface area contributed by atoms with Crippen molar-refractivity contribution in [3.8, 4) is 0 Å². The molecule has 0 aromatic heterocycles. The van der Waals surface area contributed by atoms with E-state index in [1.807, 2.05) is 0 Å². The third-order valence-electron chi connectivity index (χ3n) is 1.74. The zero-order chi connectivity index (χ0) is 8.48. The number of carbonyl (C=O) groups excluding carboxylic acids is 1. The first-order chi connectivity index (χ1) is 5.12. The van der Waals surface area contributed by atoms with E-state index in [4.69, 9.17) is 5.11 Å². The molecule has 2 N–H and O–H groups in total. The van der Waals surface area contributed by atoms with Gasteiger partial charge in [0.2, 0.25) is 5.67 Å². The van der Waals surface area contributed by atoms with Crippen LogP contribution in [-0.2, 0) is 4.79 Å². The van der Waals surface area contributed by atoms with Gasteiger partial charge in [0, 0.05) is 6.42 Å². The van der Waals surface area contributed by atoms with Crippen LogP contribution in [0.15, 0.2) is 0 Å². The van der Waals surface area contributed by atoms with Crippen molar-refractivity contribution in [2.45, 2.75) is 18.1 Å². The number of hydrogen-bond donors (Lipinski definition) is 2. The molecule has 2 atom stereocenters. The fourth-order valence-electron chi connectivity index (χ4n) is 1.07. The van der Waals surface area contributed by atoms with E-state index < -0.39 is 24.3 Å². The van der Waals surface area contributed by atoms with E-state index >= 15 is 0 Å². The van der Waals surface area contributed by atoms with Crippen molar-refractivity contribution in [1.29, 1.82) is 0 Å². The number of aliphatic hydroxyl groups excluding tert-OH is 1. The van der Waals surface area contributed by atoms with Gasteiger partial charge in [-0.15, -0.1) is 0 Å². The molecule has 0 saturated carbocycles. The standard InChI is InChI=1S/C6H9F2NO2/c7-3-6(8)1-4(2-10)9-5(6)11/h4,10H,1-3H2,(H,9,11)/t4-,6-/m0/s1. The number of amides is 1. The Balaban J connectivity index is 2.65. The summed E-state index contributed by atoms with van der Waals surface area (Å²) >= 11 is 0. The molecular formula is C6H9F2NO2. The van der Waals surface area contributed by atoms with Gasteiger partial charge in [-0.1, -0.05) is 0 Å². The van der Waals surface area contributed by atoms with Crippen molar-refractivity contribution in [3.05, 3.63) is 0 Å². The van der Waals surface area contributed by atoms with E-state index in [-0.39, 0.29) is 13.0 Å². The Morgan fingerprint density at radius 1 is 1.82 bits per heavy atom. The van der Waals surface area contributed by atoms with Crippen LogP contribution in [0.3, 0.4) is 0 Å². The number of carbonyl (C=O) groups is 1. The lowest BCUT2D eigenvalue weighted by atomic mass is 10.0. The molecule has 1 rings (SSSR count). The summed E-state index contributed by atoms with van der Waals surface area (Å²) < 4.78 is 24.9. The van der Waals surface area contributed by atoms with Crippen LogP contribution < -0.4 is 5.32 Å². The Bertz CT molecular complexity index is 176. The van der Waals surface area contributed by atoms with Crippen LogP contribution in [0.4, 0.5) is 8.78 Å². The van der Waals surface area contributed by atoms with Gasteiger partial charge in [-0.2, -0.15) is 0 Å². The second kappa shape index (κ2) is 2.73. The monoisotopic (exact) mass is 165 g/mol. The van der Waals surface area contributed by atoms with Gasteiger partial charge in [0.25, 0.3) is 5.91 Å². The molecule has 1 aliphatic heterocycles. The molecule has 0 radical (unpaired) electrons. The van der Waals surface area contributed by atoms with Crippen molar-refractivity contribution in [1.82, 2.24) is 5.32 Å². The van der Waals surface area contributed by atoms with Crippen molar-refractivity contribution in [2.75, 3.05) is 13.3 Å². The first-order valence-electron chi connectivity index (χ1n) is 3.29. The highest BCUT2D eigenvalue weighted by atomic mass is 19.2. The molecule has 1 saturated heterocycles. The van der Waals surface area contributed by atoms with Crippen molar-refractivity contribution in [2.24, 2.45) is 0 Å². The number of rotatable bonds is 2. The molecule has 1 aliphatic rings. The SMILES string of the molecule is O=C1N[C@H](CO)C[C@]1(F)CF. The lowest BCUT2D eigenvalue weighted by molar-refractivity contribution is -0.130. The Morgan fingerprint density at radius 2 is 2.45 bits per heavy atom. The number of aliphatic hydroxyl groups is 1. The average Bonchev–Trinajstić information content (AvgIpc) is 2.29. The zero-order valence-electron chi connectivity index (χ0n) is 5.81. The minimum absolute atomic E-state index is 0.279. The highest BCUT2D eigenvalue weighted by molar-refractivity contribution is 5.87. The van der Waals surface area contributed by atoms with Crippen LogP contribution in [0.25, 0.3) is 0 Å². The maximum absolute atomic E-state index is 13.0. The zero-order valence-corrected chi connectivity index (χ0v) is 5.81. The molecule has 64 valence electrons. The summed E-state index contributed by atoms with van der Waals surface area (Å²) in [4.78, 5) is 10.7. The van der Waals surface area contributed by atoms with E-state index in [0.717, 1.165) is 0 Å². The van der Waals surface area contributed by atoms with Crippen molar-refractivity contribution in [3.63, 3.8) is 0 Å². The number of hydrogen-bond acceptors (Lipinski definition) is 2. The Morgan fingerprint density at radius 3 is 2.73 bits per heavy atom. The van der Waals surface area contributed by atoms with E-state index in [1.54, 1.807) is 0 Å². The highest BCUT2D eigenvalue weighted by Gasteiger charge is 2.47. The highest BCUT2D eigenvalue weighted by Crippen LogP contribution is 2.25. The Kier molecular flexibility index (Phi) is 2.08. The normalized spacial score (nSPS) is 37.4. The summed E-state index contributed by atoms with van der Waals surface area (Å²) in [6.07, 6.45) is -0.279. The van der Waals surface area contributed by atoms with Crippen LogP contribution in [0.1, 0.15) is 6.42 Å². The molecule has 5 heteroatoms. The second-order valence-corrected chi connectivity index (χ2v) is 2.66.